The van der Waals surface area contributed by atoms with E-state index < -0.39 is 0 Å². The molecule has 118 valence electrons. The first-order chi connectivity index (χ1) is 10.5. The molecule has 1 aliphatic carbocycles. The maximum atomic E-state index is 3.87. The van der Waals surface area contributed by atoms with Crippen LogP contribution in [-0.4, -0.2) is 7.85 Å². The van der Waals surface area contributed by atoms with Gasteiger partial charge in [0.1, 0.15) is 7.85 Å². The van der Waals surface area contributed by atoms with Crippen molar-refractivity contribution >= 4 is 7.85 Å². The van der Waals surface area contributed by atoms with Gasteiger partial charge in [-0.15, -0.1) is 0 Å². The average molecular weight is 294 g/mol. The van der Waals surface area contributed by atoms with Gasteiger partial charge >= 0.3 is 0 Å². The molecule has 0 aromatic rings. The van der Waals surface area contributed by atoms with Crippen LogP contribution in [0.5, 0.6) is 0 Å². The van der Waals surface area contributed by atoms with Crippen LogP contribution in [0.2, 0.25) is 5.82 Å². The van der Waals surface area contributed by atoms with E-state index in [0.29, 0.717) is 5.82 Å². The van der Waals surface area contributed by atoms with Crippen molar-refractivity contribution in [3.63, 3.8) is 0 Å². The summed E-state index contributed by atoms with van der Waals surface area (Å²) in [6.45, 7) is 12.7. The van der Waals surface area contributed by atoms with E-state index in [0.717, 1.165) is 19.3 Å². The lowest BCUT2D eigenvalue weighted by atomic mass is 9.80. The molecular weight excluding hydrogens is 263 g/mol. The van der Waals surface area contributed by atoms with Crippen molar-refractivity contribution < 1.29 is 0 Å². The maximum Gasteiger partial charge on any atom is 0.110 e. The predicted molar refractivity (Wildman–Crippen MR) is 104 cm³/mol. The van der Waals surface area contributed by atoms with Gasteiger partial charge in [0.15, 0.2) is 0 Å². The first kappa shape index (κ1) is 18.6. The molecule has 0 saturated carbocycles. The predicted octanol–water partition coefficient (Wildman–Crippen LogP) is 5.88. The summed E-state index contributed by atoms with van der Waals surface area (Å²) in [6.07, 6.45) is 18.0. The Morgan fingerprint density at radius 3 is 2.73 bits per heavy atom. The fraction of sp³-hybridized carbons (Fsp3) is 0.429. The second kappa shape index (κ2) is 9.51. The Kier molecular flexibility index (Phi) is 8.02. The minimum absolute atomic E-state index is 0.611. The quantitative estimate of drug-likeness (QED) is 0.406. The fourth-order valence-corrected chi connectivity index (χ4v) is 2.62. The highest BCUT2D eigenvalue weighted by Gasteiger charge is 2.13. The van der Waals surface area contributed by atoms with E-state index in [1.54, 1.807) is 0 Å². The van der Waals surface area contributed by atoms with Crippen LogP contribution in [0.4, 0.5) is 0 Å². The van der Waals surface area contributed by atoms with Crippen LogP contribution in [0.25, 0.3) is 0 Å². The molecule has 0 saturated heterocycles. The Balaban J connectivity index is 3.17. The fourth-order valence-electron chi connectivity index (χ4n) is 2.62. The van der Waals surface area contributed by atoms with Crippen LogP contribution in [0.1, 0.15) is 53.4 Å². The zero-order valence-electron chi connectivity index (χ0n) is 15.1. The maximum absolute atomic E-state index is 3.87. The van der Waals surface area contributed by atoms with Gasteiger partial charge in [0.25, 0.3) is 0 Å². The van der Waals surface area contributed by atoms with Gasteiger partial charge in [0.05, 0.1) is 0 Å². The molecule has 0 spiro atoms. The van der Waals surface area contributed by atoms with Crippen molar-refractivity contribution in [2.75, 3.05) is 0 Å². The molecule has 0 N–H and O–H groups in total. The van der Waals surface area contributed by atoms with Crippen molar-refractivity contribution in [1.29, 1.82) is 0 Å². The molecule has 1 unspecified atom stereocenters. The van der Waals surface area contributed by atoms with Crippen LogP contribution >= 0.6 is 0 Å². The molecule has 0 aromatic heterocycles. The number of hydrogen-bond acceptors (Lipinski definition) is 0. The van der Waals surface area contributed by atoms with E-state index in [9.17, 15) is 0 Å². The summed E-state index contributed by atoms with van der Waals surface area (Å²) < 4.78 is 0. The molecule has 0 aromatic carbocycles. The molecular formula is C21H31B. The monoisotopic (exact) mass is 294 g/mol. The molecule has 0 bridgehead atoms. The van der Waals surface area contributed by atoms with Crippen molar-refractivity contribution in [3.05, 3.63) is 70.9 Å². The number of hydrogen-bond donors (Lipinski definition) is 0. The van der Waals surface area contributed by atoms with Gasteiger partial charge in [-0.25, -0.2) is 0 Å². The first-order valence-electron chi connectivity index (χ1n) is 8.61. The smallest absolute Gasteiger partial charge is 0.0985 e. The summed E-state index contributed by atoms with van der Waals surface area (Å²) in [6, 6.07) is 0. The summed E-state index contributed by atoms with van der Waals surface area (Å²) in [5, 5.41) is 0. The third-order valence-electron chi connectivity index (χ3n) is 4.35. The van der Waals surface area contributed by atoms with Crippen molar-refractivity contribution in [3.8, 4) is 0 Å². The number of allylic oxidation sites excluding steroid dienone is 11. The van der Waals surface area contributed by atoms with Crippen LogP contribution in [-0.2, 0) is 0 Å². The van der Waals surface area contributed by atoms with Gasteiger partial charge in [-0.2, -0.15) is 0 Å². The molecule has 0 heterocycles. The Hall–Kier alpha value is -1.50. The molecule has 1 atom stereocenters. The minimum Gasteiger partial charge on any atom is -0.0985 e. The molecule has 1 aliphatic rings. The lowest BCUT2D eigenvalue weighted by Gasteiger charge is -2.20. The SMILES string of the molecule is BC(C)/C(C)=C/C1=CCCC(C=C/C(C=C)=C/C)=C1CCC. The van der Waals surface area contributed by atoms with E-state index >= 15 is 0 Å². The zero-order valence-corrected chi connectivity index (χ0v) is 15.1. The van der Waals surface area contributed by atoms with Crippen LogP contribution in [0, 0.1) is 0 Å². The number of rotatable bonds is 7. The Bertz CT molecular complexity index is 536. The largest absolute Gasteiger partial charge is 0.110 e. The van der Waals surface area contributed by atoms with E-state index in [1.807, 2.05) is 6.08 Å². The summed E-state index contributed by atoms with van der Waals surface area (Å²) in [5.74, 6) is 0.611. The lowest BCUT2D eigenvalue weighted by molar-refractivity contribution is 0.858. The van der Waals surface area contributed by atoms with Gasteiger partial charge in [0, 0.05) is 0 Å². The Morgan fingerprint density at radius 2 is 2.18 bits per heavy atom. The standard InChI is InChI=1S/C21H31B/c1-6-10-21-19(14-13-18(7-2)8-3)11-9-12-20(21)15-16(4)17(5)22/h7-8,12-15,17H,2,6,9-11,22H2,1,3-5H3/b14-13?,16-15+,18-8+. The molecule has 0 nitrogen and oxygen atoms in total. The summed E-state index contributed by atoms with van der Waals surface area (Å²) in [5.41, 5.74) is 7.12. The summed E-state index contributed by atoms with van der Waals surface area (Å²) >= 11 is 0. The molecule has 1 rings (SSSR count). The third kappa shape index (κ3) is 5.37. The van der Waals surface area contributed by atoms with Crippen LogP contribution < -0.4 is 0 Å². The van der Waals surface area contributed by atoms with E-state index in [2.05, 4.69) is 72.5 Å². The van der Waals surface area contributed by atoms with Crippen LogP contribution in [0.3, 0.4) is 0 Å². The molecule has 0 aliphatic heterocycles. The minimum atomic E-state index is 0.611. The van der Waals surface area contributed by atoms with Crippen molar-refractivity contribution in [1.82, 2.24) is 0 Å². The molecule has 0 fully saturated rings. The zero-order chi connectivity index (χ0) is 16.5. The first-order valence-corrected chi connectivity index (χ1v) is 8.61. The Morgan fingerprint density at radius 1 is 1.45 bits per heavy atom. The van der Waals surface area contributed by atoms with E-state index in [-0.39, 0.29) is 0 Å². The second-order valence-corrected chi connectivity index (χ2v) is 6.32. The summed E-state index contributed by atoms with van der Waals surface area (Å²) in [7, 11) is 2.27. The highest BCUT2D eigenvalue weighted by atomic mass is 14.2. The highest BCUT2D eigenvalue weighted by molar-refractivity contribution is 6.13. The summed E-state index contributed by atoms with van der Waals surface area (Å²) in [4.78, 5) is 0. The van der Waals surface area contributed by atoms with Gasteiger partial charge < -0.3 is 0 Å². The van der Waals surface area contributed by atoms with Crippen molar-refractivity contribution in [2.45, 2.75) is 59.2 Å². The topological polar surface area (TPSA) is 0 Å². The van der Waals surface area contributed by atoms with E-state index in [4.69, 9.17) is 0 Å². The second-order valence-electron chi connectivity index (χ2n) is 6.32. The highest BCUT2D eigenvalue weighted by Crippen LogP contribution is 2.32. The molecule has 0 radical (unpaired) electrons. The van der Waals surface area contributed by atoms with Gasteiger partial charge in [-0.3, -0.25) is 0 Å². The molecule has 0 amide bonds. The third-order valence-corrected chi connectivity index (χ3v) is 4.35. The molecule has 1 heteroatoms. The van der Waals surface area contributed by atoms with Gasteiger partial charge in [-0.05, 0) is 55.4 Å². The van der Waals surface area contributed by atoms with Gasteiger partial charge in [0.2, 0.25) is 0 Å². The average Bonchev–Trinajstić information content (AvgIpc) is 2.50. The van der Waals surface area contributed by atoms with Crippen molar-refractivity contribution in [2.24, 2.45) is 0 Å². The molecule has 22 heavy (non-hydrogen) atoms. The lowest BCUT2D eigenvalue weighted by Crippen LogP contribution is -2.01. The Labute approximate surface area is 138 Å². The van der Waals surface area contributed by atoms with Gasteiger partial charge in [-0.1, -0.05) is 74.7 Å². The normalized spacial score (nSPS) is 18.6. The van der Waals surface area contributed by atoms with E-state index in [1.165, 1.54) is 34.3 Å². The van der Waals surface area contributed by atoms with Crippen LogP contribution in [0.15, 0.2) is 70.9 Å².